The number of rotatable bonds is 42. The Morgan fingerprint density at radius 2 is 0.949 bits per heavy atom. The van der Waals surface area contributed by atoms with Gasteiger partial charge in [0.2, 0.25) is 0 Å². The molecule has 0 radical (unpaired) electrons. The van der Waals surface area contributed by atoms with E-state index in [2.05, 4.69) is 74.6 Å². The lowest BCUT2D eigenvalue weighted by Gasteiger charge is -2.31. The SMILES string of the molecule is CC/C=C/C/C=C/C/C=C/C/C=C/C/C=C/CCCCCCCCCC(=O)OC(COCCC(C(=O)O)[N+](C)(C)C)COC(=O)CCCCCCCCCCCCCC. The number of carbonyl (C=O) groups is 3. The second-order valence-electron chi connectivity index (χ2n) is 17.0. The summed E-state index contributed by atoms with van der Waals surface area (Å²) in [5, 5.41) is 9.63. The van der Waals surface area contributed by atoms with E-state index < -0.39 is 18.1 Å². The number of carboxylic acid groups (broad SMARTS) is 1. The van der Waals surface area contributed by atoms with Crippen LogP contribution < -0.4 is 0 Å². The van der Waals surface area contributed by atoms with E-state index in [0.717, 1.165) is 83.5 Å². The van der Waals surface area contributed by atoms with E-state index >= 15 is 0 Å². The summed E-state index contributed by atoms with van der Waals surface area (Å²) in [5.41, 5.74) is 0. The first-order chi connectivity index (χ1) is 28.6. The van der Waals surface area contributed by atoms with E-state index in [4.69, 9.17) is 14.2 Å². The van der Waals surface area contributed by atoms with Gasteiger partial charge in [-0.3, -0.25) is 9.59 Å². The van der Waals surface area contributed by atoms with Crippen LogP contribution in [0, 0.1) is 0 Å². The summed E-state index contributed by atoms with van der Waals surface area (Å²) in [5.74, 6) is -1.48. The third-order valence-electron chi connectivity index (χ3n) is 10.4. The number of allylic oxidation sites excluding steroid dienone is 10. The second kappa shape index (κ2) is 41.8. The van der Waals surface area contributed by atoms with Crippen molar-refractivity contribution in [3.63, 3.8) is 0 Å². The molecule has 0 aromatic rings. The quantitative estimate of drug-likeness (QED) is 0.0283. The Balaban J connectivity index is 4.28. The summed E-state index contributed by atoms with van der Waals surface area (Å²) >= 11 is 0. The number of likely N-dealkylation sites (N-methyl/N-ethyl adjacent to an activating group) is 1. The van der Waals surface area contributed by atoms with Crippen molar-refractivity contribution in [2.24, 2.45) is 0 Å². The zero-order valence-corrected chi connectivity index (χ0v) is 38.7. The van der Waals surface area contributed by atoms with Crippen LogP contribution in [0.5, 0.6) is 0 Å². The van der Waals surface area contributed by atoms with E-state index in [9.17, 15) is 19.5 Å². The molecule has 0 spiro atoms. The molecule has 0 amide bonds. The lowest BCUT2D eigenvalue weighted by atomic mass is 10.0. The molecule has 2 atom stereocenters. The molecule has 0 heterocycles. The fourth-order valence-corrected chi connectivity index (χ4v) is 6.77. The number of esters is 2. The average molecular weight is 829 g/mol. The Morgan fingerprint density at radius 3 is 1.41 bits per heavy atom. The van der Waals surface area contributed by atoms with Crippen molar-refractivity contribution in [2.45, 2.75) is 206 Å². The maximum atomic E-state index is 12.8. The number of hydrogen-bond donors (Lipinski definition) is 1. The monoisotopic (exact) mass is 829 g/mol. The van der Waals surface area contributed by atoms with E-state index in [0.29, 0.717) is 19.3 Å². The van der Waals surface area contributed by atoms with Crippen LogP contribution in [0.4, 0.5) is 0 Å². The maximum absolute atomic E-state index is 12.8. The van der Waals surface area contributed by atoms with Gasteiger partial charge in [-0.25, -0.2) is 4.79 Å². The summed E-state index contributed by atoms with van der Waals surface area (Å²) in [6.07, 6.45) is 51.2. The van der Waals surface area contributed by atoms with Crippen molar-refractivity contribution in [3.05, 3.63) is 60.8 Å². The smallest absolute Gasteiger partial charge is 0.362 e. The van der Waals surface area contributed by atoms with Gasteiger partial charge < -0.3 is 23.8 Å². The molecule has 0 saturated heterocycles. The van der Waals surface area contributed by atoms with Gasteiger partial charge in [-0.2, -0.15) is 0 Å². The summed E-state index contributed by atoms with van der Waals surface area (Å²) in [7, 11) is 5.52. The van der Waals surface area contributed by atoms with Gasteiger partial charge in [0, 0.05) is 19.3 Å². The molecule has 0 aromatic carbocycles. The maximum Gasteiger partial charge on any atom is 0.362 e. The minimum absolute atomic E-state index is 0.0554. The Morgan fingerprint density at radius 1 is 0.525 bits per heavy atom. The number of quaternary nitrogens is 1. The highest BCUT2D eigenvalue weighted by Gasteiger charge is 2.31. The van der Waals surface area contributed by atoms with Crippen LogP contribution in [0.2, 0.25) is 0 Å². The molecule has 0 aliphatic heterocycles. The van der Waals surface area contributed by atoms with Crippen LogP contribution in [-0.4, -0.2) is 80.6 Å². The minimum Gasteiger partial charge on any atom is -0.477 e. The van der Waals surface area contributed by atoms with Gasteiger partial charge in [-0.05, 0) is 57.8 Å². The number of ether oxygens (including phenoxy) is 3. The van der Waals surface area contributed by atoms with Gasteiger partial charge in [0.15, 0.2) is 12.1 Å². The zero-order valence-electron chi connectivity index (χ0n) is 38.7. The molecule has 0 aliphatic rings. The lowest BCUT2D eigenvalue weighted by molar-refractivity contribution is -0.887. The highest BCUT2D eigenvalue weighted by atomic mass is 16.6. The molecule has 0 saturated carbocycles. The molecular formula is C51H90NO7+. The van der Waals surface area contributed by atoms with Crippen LogP contribution >= 0.6 is 0 Å². The zero-order chi connectivity index (χ0) is 43.5. The van der Waals surface area contributed by atoms with Gasteiger partial charge >= 0.3 is 17.9 Å². The number of nitrogens with zero attached hydrogens (tertiary/aromatic N) is 1. The number of aliphatic carboxylic acids is 1. The minimum atomic E-state index is -0.878. The topological polar surface area (TPSA) is 99.1 Å². The van der Waals surface area contributed by atoms with Crippen LogP contribution in [0.25, 0.3) is 0 Å². The first kappa shape index (κ1) is 56.0. The molecule has 0 aromatic heterocycles. The summed E-state index contributed by atoms with van der Waals surface area (Å²) in [4.78, 5) is 37.0. The predicted octanol–water partition coefficient (Wildman–Crippen LogP) is 13.4. The van der Waals surface area contributed by atoms with E-state index in [-0.39, 0.29) is 36.2 Å². The van der Waals surface area contributed by atoms with Crippen molar-refractivity contribution >= 4 is 17.9 Å². The molecule has 0 bridgehead atoms. The van der Waals surface area contributed by atoms with Gasteiger partial charge in [-0.15, -0.1) is 0 Å². The Kier molecular flexibility index (Phi) is 39.6. The Labute approximate surface area is 362 Å². The summed E-state index contributed by atoms with van der Waals surface area (Å²) in [6.45, 7) is 4.61. The number of unbranched alkanes of at least 4 members (excludes halogenated alkanes) is 18. The average Bonchev–Trinajstić information content (AvgIpc) is 3.19. The third kappa shape index (κ3) is 40.2. The molecule has 59 heavy (non-hydrogen) atoms. The summed E-state index contributed by atoms with van der Waals surface area (Å²) < 4.78 is 17.3. The summed E-state index contributed by atoms with van der Waals surface area (Å²) in [6, 6.07) is -0.617. The standard InChI is InChI=1S/C51H89NO7/c1-6-8-10-12-14-16-18-20-21-22-23-24-25-26-27-28-29-30-32-34-36-38-40-42-50(54)59-47(45-57-44-43-48(51(55)56)52(3,4)5)46-58-49(53)41-39-37-35-33-31-19-17-15-13-11-9-7-2/h8,10,14,16,20-21,23-24,26-27,47-48H,6-7,9,11-13,15,17-19,22,25,28-46H2,1-5H3/p+1/b10-8+,16-14+,21-20+,24-23+,27-26+. The van der Waals surface area contributed by atoms with Gasteiger partial charge in [0.25, 0.3) is 0 Å². The van der Waals surface area contributed by atoms with Crippen LogP contribution in [0.1, 0.15) is 194 Å². The van der Waals surface area contributed by atoms with Crippen molar-refractivity contribution in [2.75, 3.05) is 41.0 Å². The van der Waals surface area contributed by atoms with Crippen molar-refractivity contribution in [1.82, 2.24) is 0 Å². The molecule has 0 rings (SSSR count). The molecule has 8 nitrogen and oxygen atoms in total. The fraction of sp³-hybridized carbons (Fsp3) is 0.745. The van der Waals surface area contributed by atoms with Crippen LogP contribution in [0.15, 0.2) is 60.8 Å². The highest BCUT2D eigenvalue weighted by molar-refractivity contribution is 5.72. The van der Waals surface area contributed by atoms with Crippen molar-refractivity contribution in [1.29, 1.82) is 0 Å². The predicted molar refractivity (Wildman–Crippen MR) is 247 cm³/mol. The molecule has 8 heteroatoms. The number of carboxylic acids is 1. The Bertz CT molecular complexity index is 1150. The van der Waals surface area contributed by atoms with E-state index in [1.54, 1.807) is 0 Å². The van der Waals surface area contributed by atoms with Crippen molar-refractivity contribution < 1.29 is 38.2 Å². The van der Waals surface area contributed by atoms with Gasteiger partial charge in [-0.1, -0.05) is 177 Å². The molecule has 2 unspecified atom stereocenters. The van der Waals surface area contributed by atoms with Gasteiger partial charge in [0.1, 0.15) is 6.61 Å². The highest BCUT2D eigenvalue weighted by Crippen LogP contribution is 2.15. The molecule has 340 valence electrons. The van der Waals surface area contributed by atoms with Crippen molar-refractivity contribution in [3.8, 4) is 0 Å². The van der Waals surface area contributed by atoms with Gasteiger partial charge in [0.05, 0.1) is 34.4 Å². The molecular weight excluding hydrogens is 739 g/mol. The van der Waals surface area contributed by atoms with Crippen LogP contribution in [-0.2, 0) is 28.6 Å². The van der Waals surface area contributed by atoms with E-state index in [1.165, 1.54) is 77.0 Å². The Hall–Kier alpha value is -2.97. The number of hydrogen-bond acceptors (Lipinski definition) is 6. The number of carbonyl (C=O) groups excluding carboxylic acids is 2. The lowest BCUT2D eigenvalue weighted by Crippen LogP contribution is -2.50. The molecule has 0 fully saturated rings. The third-order valence-corrected chi connectivity index (χ3v) is 10.4. The first-order valence-electron chi connectivity index (χ1n) is 23.8. The second-order valence-corrected chi connectivity index (χ2v) is 17.0. The first-order valence-corrected chi connectivity index (χ1v) is 23.8. The van der Waals surface area contributed by atoms with Crippen LogP contribution in [0.3, 0.4) is 0 Å². The largest absolute Gasteiger partial charge is 0.477 e. The fourth-order valence-electron chi connectivity index (χ4n) is 6.77. The van der Waals surface area contributed by atoms with E-state index in [1.807, 2.05) is 21.1 Å². The molecule has 0 aliphatic carbocycles. The molecule has 1 N–H and O–H groups in total. The normalized spacial score (nSPS) is 13.4.